The summed E-state index contributed by atoms with van der Waals surface area (Å²) in [5, 5.41) is 20.1. The first-order valence-electron chi connectivity index (χ1n) is 16.6. The highest BCUT2D eigenvalue weighted by Crippen LogP contribution is 2.42. The molecular formula is C33H40F3N7O6. The number of carbonyl (C=O) groups excluding carboxylic acids is 2. The Morgan fingerprint density at radius 1 is 1.14 bits per heavy atom. The third-order valence-corrected chi connectivity index (χ3v) is 9.91. The molecule has 1 saturated carbocycles. The van der Waals surface area contributed by atoms with Gasteiger partial charge in [0.2, 0.25) is 5.91 Å². The van der Waals surface area contributed by atoms with Crippen molar-refractivity contribution in [3.05, 3.63) is 53.5 Å². The van der Waals surface area contributed by atoms with Crippen molar-refractivity contribution < 1.29 is 42.1 Å². The maximum atomic E-state index is 13.8. The molecule has 6 rings (SSSR count). The van der Waals surface area contributed by atoms with Crippen LogP contribution in [0.25, 0.3) is 5.78 Å². The molecule has 16 heteroatoms. The van der Waals surface area contributed by atoms with Gasteiger partial charge >= 0.3 is 18.2 Å². The third kappa shape index (κ3) is 7.58. The predicted molar refractivity (Wildman–Crippen MR) is 168 cm³/mol. The fourth-order valence-electron chi connectivity index (χ4n) is 7.00. The molecule has 2 saturated heterocycles. The molecule has 3 aromatic rings. The summed E-state index contributed by atoms with van der Waals surface area (Å²) < 4.78 is 53.8. The lowest BCUT2D eigenvalue weighted by atomic mass is 9.72. The van der Waals surface area contributed by atoms with Crippen LogP contribution >= 0.6 is 0 Å². The summed E-state index contributed by atoms with van der Waals surface area (Å²) in [5.74, 6) is -3.79. The van der Waals surface area contributed by atoms with Crippen molar-refractivity contribution >= 4 is 29.6 Å². The van der Waals surface area contributed by atoms with Crippen LogP contribution in [0.4, 0.5) is 23.8 Å². The number of piperidine rings is 1. The van der Waals surface area contributed by atoms with Crippen molar-refractivity contribution in [1.82, 2.24) is 30.2 Å². The zero-order valence-electron chi connectivity index (χ0n) is 27.1. The number of alkyl halides is 3. The van der Waals surface area contributed by atoms with E-state index >= 15 is 0 Å². The van der Waals surface area contributed by atoms with Crippen molar-refractivity contribution in [1.29, 1.82) is 0 Å². The summed E-state index contributed by atoms with van der Waals surface area (Å²) in [7, 11) is 0. The highest BCUT2D eigenvalue weighted by molar-refractivity contribution is 6.02. The maximum absolute atomic E-state index is 13.8. The van der Waals surface area contributed by atoms with Crippen LogP contribution in [-0.4, -0.2) is 81.7 Å². The molecule has 2 amide bonds. The second-order valence-electron chi connectivity index (χ2n) is 13.3. The largest absolute Gasteiger partial charge is 0.480 e. The molecule has 0 radical (unpaired) electrons. The number of aliphatic carboxylic acids is 1. The number of carboxylic acid groups (broad SMARTS) is 1. The standard InChI is InChI=1S/C33H40F3N7O6/c1-20-7-9-22(10-8-20)26(39-31(47)49-19-21-5-3-2-4-6-21)25-18-43-30(38-25)40-27(42-11-13-48-14-12-42)24(41-43)16-32(29(45)46)15-23(33(34,35)36)17-37-28(32)44/h2-6,18,20,22-23,26H,7-17,19H2,1H3,(H,37,44)(H,39,47)(H,45,46)/t20?,22?,23-,26+,32?/m1/s1. The summed E-state index contributed by atoms with van der Waals surface area (Å²) in [6.07, 6.45) is -1.71. The molecule has 0 spiro atoms. The number of aromatic nitrogens is 4. The summed E-state index contributed by atoms with van der Waals surface area (Å²) >= 11 is 0. The first kappa shape index (κ1) is 34.4. The predicted octanol–water partition coefficient (Wildman–Crippen LogP) is 4.07. The number of hydrogen-bond donors (Lipinski definition) is 3. The van der Waals surface area contributed by atoms with Gasteiger partial charge < -0.3 is 30.1 Å². The molecule has 3 atom stereocenters. The van der Waals surface area contributed by atoms with Crippen LogP contribution in [0.5, 0.6) is 0 Å². The number of alkyl carbamates (subject to hydrolysis) is 1. The SMILES string of the molecule is CC1CCC([C@H](NC(=O)OCc2ccccc2)c2cn3nc(CC4(C(=O)O)C[C@@H](C(F)(F)F)CNC4=O)c(N4CCOCC4)nc3n2)CC1. The number of anilines is 1. The van der Waals surface area contributed by atoms with Crippen molar-refractivity contribution in [3.63, 3.8) is 0 Å². The zero-order valence-corrected chi connectivity index (χ0v) is 27.1. The quantitative estimate of drug-likeness (QED) is 0.280. The highest BCUT2D eigenvalue weighted by atomic mass is 19.4. The molecule has 264 valence electrons. The molecule has 2 aromatic heterocycles. The molecule has 3 aliphatic rings. The number of benzene rings is 1. The number of nitrogens with zero attached hydrogens (tertiary/aromatic N) is 5. The summed E-state index contributed by atoms with van der Waals surface area (Å²) in [6.45, 7) is 2.96. The molecule has 13 nitrogen and oxygen atoms in total. The van der Waals surface area contributed by atoms with Crippen LogP contribution in [-0.2, 0) is 32.1 Å². The number of hydrogen-bond acceptors (Lipinski definition) is 9. The lowest BCUT2D eigenvalue weighted by molar-refractivity contribution is -0.194. The fraction of sp³-hybridized carbons (Fsp3) is 0.576. The molecule has 1 unspecified atom stereocenters. The molecule has 3 N–H and O–H groups in total. The number of morpholine rings is 1. The second kappa shape index (κ2) is 14.2. The van der Waals surface area contributed by atoms with Gasteiger partial charge in [0.25, 0.3) is 5.78 Å². The monoisotopic (exact) mass is 687 g/mol. The van der Waals surface area contributed by atoms with E-state index in [4.69, 9.17) is 19.4 Å². The van der Waals surface area contributed by atoms with Gasteiger partial charge in [0.05, 0.1) is 37.1 Å². The van der Waals surface area contributed by atoms with E-state index in [9.17, 15) is 32.7 Å². The topological polar surface area (TPSA) is 160 Å². The molecule has 1 aromatic carbocycles. The first-order chi connectivity index (χ1) is 23.4. The molecule has 49 heavy (non-hydrogen) atoms. The van der Waals surface area contributed by atoms with E-state index in [1.165, 1.54) is 4.52 Å². The van der Waals surface area contributed by atoms with Gasteiger partial charge in [-0.15, -0.1) is 0 Å². The molecular weight excluding hydrogens is 647 g/mol. The summed E-state index contributed by atoms with van der Waals surface area (Å²) in [5.41, 5.74) is -1.10. The van der Waals surface area contributed by atoms with Crippen molar-refractivity contribution in [2.75, 3.05) is 37.7 Å². The average molecular weight is 688 g/mol. The van der Waals surface area contributed by atoms with Gasteiger partial charge in [-0.3, -0.25) is 9.59 Å². The number of fused-ring (bicyclic) bond motifs is 1. The molecule has 2 aliphatic heterocycles. The highest BCUT2D eigenvalue weighted by Gasteiger charge is 2.57. The Kier molecular flexibility index (Phi) is 9.95. The van der Waals surface area contributed by atoms with Crippen molar-refractivity contribution in [2.24, 2.45) is 23.2 Å². The Labute approximate surface area is 280 Å². The van der Waals surface area contributed by atoms with E-state index in [1.807, 2.05) is 30.3 Å². The fourth-order valence-corrected chi connectivity index (χ4v) is 7.00. The average Bonchev–Trinajstić information content (AvgIpc) is 3.50. The number of ether oxygens (including phenoxy) is 2. The minimum atomic E-state index is -4.71. The van der Waals surface area contributed by atoms with Crippen molar-refractivity contribution in [3.8, 4) is 0 Å². The first-order valence-corrected chi connectivity index (χ1v) is 16.6. The lowest BCUT2D eigenvalue weighted by Gasteiger charge is -2.38. The number of carboxylic acids is 1. The Morgan fingerprint density at radius 3 is 2.53 bits per heavy atom. The van der Waals surface area contributed by atoms with E-state index in [1.54, 1.807) is 11.1 Å². The van der Waals surface area contributed by atoms with E-state index in [2.05, 4.69) is 22.7 Å². The van der Waals surface area contributed by atoms with E-state index in [0.29, 0.717) is 37.9 Å². The minimum absolute atomic E-state index is 0.0316. The minimum Gasteiger partial charge on any atom is -0.480 e. The molecule has 0 bridgehead atoms. The van der Waals surface area contributed by atoms with Crippen LogP contribution in [0.3, 0.4) is 0 Å². The Bertz CT molecular complexity index is 1660. The number of imidazole rings is 1. The second-order valence-corrected chi connectivity index (χ2v) is 13.3. The Hall–Kier alpha value is -4.47. The third-order valence-electron chi connectivity index (χ3n) is 9.91. The van der Waals surface area contributed by atoms with Gasteiger partial charge in [-0.25, -0.2) is 14.3 Å². The summed E-state index contributed by atoms with van der Waals surface area (Å²) in [4.78, 5) is 50.2. The van der Waals surface area contributed by atoms with E-state index in [-0.39, 0.29) is 29.8 Å². The zero-order chi connectivity index (χ0) is 34.8. The van der Waals surface area contributed by atoms with Crippen LogP contribution in [0.1, 0.15) is 62.0 Å². The molecule has 3 fully saturated rings. The van der Waals surface area contributed by atoms with Crippen molar-refractivity contribution in [2.45, 2.75) is 64.3 Å². The van der Waals surface area contributed by atoms with Crippen LogP contribution < -0.4 is 15.5 Å². The van der Waals surface area contributed by atoms with Crippen LogP contribution in [0, 0.1) is 23.2 Å². The van der Waals surface area contributed by atoms with Gasteiger partial charge in [0.15, 0.2) is 11.2 Å². The number of nitrogens with one attached hydrogen (secondary N) is 2. The van der Waals surface area contributed by atoms with Gasteiger partial charge in [-0.05, 0) is 36.7 Å². The van der Waals surface area contributed by atoms with Gasteiger partial charge in [0, 0.05) is 26.1 Å². The van der Waals surface area contributed by atoms with Gasteiger partial charge in [0.1, 0.15) is 12.3 Å². The van der Waals surface area contributed by atoms with Gasteiger partial charge in [-0.1, -0.05) is 50.1 Å². The maximum Gasteiger partial charge on any atom is 0.408 e. The number of amides is 2. The normalized spacial score (nSPS) is 25.4. The summed E-state index contributed by atoms with van der Waals surface area (Å²) in [6, 6.07) is 8.72. The van der Waals surface area contributed by atoms with Crippen LogP contribution in [0.2, 0.25) is 0 Å². The lowest BCUT2D eigenvalue weighted by Crippen LogP contribution is -2.57. The molecule has 4 heterocycles. The Morgan fingerprint density at radius 2 is 1.86 bits per heavy atom. The number of halogens is 3. The number of carbonyl (C=O) groups is 3. The smallest absolute Gasteiger partial charge is 0.408 e. The van der Waals surface area contributed by atoms with E-state index < -0.39 is 60.9 Å². The van der Waals surface area contributed by atoms with E-state index in [0.717, 1.165) is 31.2 Å². The number of rotatable bonds is 9. The molecule has 1 aliphatic carbocycles. The Balaban J connectivity index is 1.36. The van der Waals surface area contributed by atoms with Gasteiger partial charge in [-0.2, -0.15) is 23.3 Å². The van der Waals surface area contributed by atoms with Crippen LogP contribution in [0.15, 0.2) is 36.5 Å².